The van der Waals surface area contributed by atoms with Crippen LogP contribution in [0.3, 0.4) is 0 Å². The minimum Gasteiger partial charge on any atom is -0.453 e. The van der Waals surface area contributed by atoms with E-state index >= 15 is 0 Å². The maximum Gasteiger partial charge on any atom is 0.238 e. The van der Waals surface area contributed by atoms with Crippen LogP contribution in [0, 0.1) is 0 Å². The van der Waals surface area contributed by atoms with Crippen molar-refractivity contribution in [3.05, 3.63) is 132 Å². The molecule has 4 aromatic carbocycles. The van der Waals surface area contributed by atoms with Gasteiger partial charge in [-0.05, 0) is 54.3 Å². The molecule has 220 valence electrons. The third-order valence-electron chi connectivity index (χ3n) is 8.65. The second kappa shape index (κ2) is 10.8. The molecule has 4 aromatic heterocycles. The quantitative estimate of drug-likeness (QED) is 0.203. The molecule has 0 unspecified atom stereocenters. The lowest BCUT2D eigenvalue weighted by Gasteiger charge is -2.05. The summed E-state index contributed by atoms with van der Waals surface area (Å²) in [5.41, 5.74) is 6.65. The minimum absolute atomic E-state index is 0.484. The van der Waals surface area contributed by atoms with E-state index in [1.54, 1.807) is 0 Å². The average molecular weight is 595 g/mol. The number of allylic oxidation sites excluding steroid dienone is 1. The molecule has 5 heteroatoms. The molecule has 46 heavy (non-hydrogen) atoms. The molecule has 4 heterocycles. The molecule has 0 amide bonds. The Kier molecular flexibility index (Phi) is 6.47. The summed E-state index contributed by atoms with van der Waals surface area (Å²) in [4.78, 5) is 15.3. The predicted molar refractivity (Wildman–Crippen MR) is 194 cm³/mol. The van der Waals surface area contributed by atoms with E-state index in [1.165, 1.54) is 0 Å². The Morgan fingerprint density at radius 1 is 0.674 bits per heavy atom. The van der Waals surface area contributed by atoms with Gasteiger partial charge in [0.2, 0.25) is 5.78 Å². The molecule has 0 aliphatic heterocycles. The molecule has 8 aromatic rings. The van der Waals surface area contributed by atoms with Gasteiger partial charge in [-0.25, -0.2) is 4.98 Å². The zero-order valence-electron chi connectivity index (χ0n) is 25.7. The third-order valence-corrected chi connectivity index (χ3v) is 8.65. The lowest BCUT2D eigenvalue weighted by atomic mass is 10.0. The van der Waals surface area contributed by atoms with Crippen LogP contribution in [0.2, 0.25) is 0 Å². The maximum atomic E-state index is 6.95. The number of furan rings is 1. The molecule has 0 atom stereocenters. The number of rotatable bonds is 4. The first-order valence-corrected chi connectivity index (χ1v) is 15.3. The first-order valence-electron chi connectivity index (χ1n) is 15.3. The van der Waals surface area contributed by atoms with Crippen molar-refractivity contribution in [3.8, 4) is 11.4 Å². The lowest BCUT2D eigenvalue weighted by molar-refractivity contribution is 0.666. The van der Waals surface area contributed by atoms with Crippen molar-refractivity contribution in [1.82, 2.24) is 19.4 Å². The van der Waals surface area contributed by atoms with Gasteiger partial charge in [-0.15, -0.1) is 0 Å². The van der Waals surface area contributed by atoms with E-state index in [0.717, 1.165) is 76.6 Å². The molecular formula is C41H30N4O. The fraction of sp³-hybridized carbons (Fsp3) is 0.0488. The molecule has 0 N–H and O–H groups in total. The maximum absolute atomic E-state index is 6.95. The van der Waals surface area contributed by atoms with Crippen molar-refractivity contribution < 1.29 is 4.42 Å². The zero-order valence-corrected chi connectivity index (χ0v) is 25.7. The van der Waals surface area contributed by atoms with Crippen LogP contribution in [-0.2, 0) is 0 Å². The highest BCUT2D eigenvalue weighted by molar-refractivity contribution is 6.12. The highest BCUT2D eigenvalue weighted by atomic mass is 16.3. The molecule has 0 saturated carbocycles. The smallest absolute Gasteiger partial charge is 0.238 e. The van der Waals surface area contributed by atoms with E-state index in [4.69, 9.17) is 19.4 Å². The average Bonchev–Trinajstić information content (AvgIpc) is 3.64. The van der Waals surface area contributed by atoms with Crippen LogP contribution < -0.4 is 5.22 Å². The van der Waals surface area contributed by atoms with Crippen molar-refractivity contribution in [2.45, 2.75) is 13.8 Å². The normalized spacial score (nSPS) is 12.3. The molecule has 0 radical (unpaired) electrons. The molecule has 8 rings (SSSR count). The van der Waals surface area contributed by atoms with E-state index in [9.17, 15) is 0 Å². The van der Waals surface area contributed by atoms with Gasteiger partial charge in [0.1, 0.15) is 11.1 Å². The second-order valence-corrected chi connectivity index (χ2v) is 11.2. The van der Waals surface area contributed by atoms with E-state index in [2.05, 4.69) is 90.4 Å². The van der Waals surface area contributed by atoms with E-state index in [-0.39, 0.29) is 0 Å². The molecule has 8 bridgehead atoms. The summed E-state index contributed by atoms with van der Waals surface area (Å²) < 4.78 is 9.02. The molecule has 0 spiro atoms. The first kappa shape index (κ1) is 27.5. The Bertz CT molecular complexity index is 2690. The Labute approximate surface area is 265 Å². The Balaban J connectivity index is 1.76. The Hall–Kier alpha value is -6.07. The summed E-state index contributed by atoms with van der Waals surface area (Å²) >= 11 is 0. The minimum atomic E-state index is 0.484. The zero-order chi connectivity index (χ0) is 31.4. The van der Waals surface area contributed by atoms with Crippen molar-refractivity contribution in [2.75, 3.05) is 0 Å². The van der Waals surface area contributed by atoms with Crippen LogP contribution in [0.5, 0.6) is 0 Å². The highest BCUT2D eigenvalue weighted by Crippen LogP contribution is 2.38. The summed E-state index contributed by atoms with van der Waals surface area (Å²) in [7, 11) is 0. The monoisotopic (exact) mass is 594 g/mol. The molecule has 0 saturated heterocycles. The topological polar surface area (TPSA) is 56.2 Å². The standard InChI is InChI=1S/C41H30N4O/c1-5-14-32-33-21-22-34-31(7-3)37-30(6-2)28-19-12-17-26(23-28)27-18-13-20-29(24-27)40-42-39(25-15-10-9-11-16-25)43-41(44-40)45(35(32)8-4)36(33)38(34)46-37/h5-24H,3-4H2,1-2H3/b14-5-,30-6-. The number of hydrogen-bond acceptors (Lipinski definition) is 4. The van der Waals surface area contributed by atoms with Gasteiger partial charge < -0.3 is 4.42 Å². The summed E-state index contributed by atoms with van der Waals surface area (Å²) in [6.45, 7) is 12.5. The van der Waals surface area contributed by atoms with Gasteiger partial charge in [0.05, 0.1) is 5.69 Å². The molecular weight excluding hydrogens is 564 g/mol. The summed E-state index contributed by atoms with van der Waals surface area (Å²) in [5.74, 6) is 1.06. The molecule has 0 fully saturated rings. The van der Waals surface area contributed by atoms with Gasteiger partial charge in [-0.1, -0.05) is 110 Å². The molecule has 0 aliphatic carbocycles. The summed E-state index contributed by atoms with van der Waals surface area (Å²) in [6, 6.07) is 31.2. The number of nitrogens with zero attached hydrogens (tertiary/aromatic N) is 4. The Morgan fingerprint density at radius 3 is 2.11 bits per heavy atom. The SMILES string of the molecule is C=Cc1c2oc3c1ccc1c(/C=C\C)c(C=C)n(c4nc(-c5ccccc5)nc(n4)c4cccc(c4)c4cccc(c4)/c2=C/C)c13. The van der Waals surface area contributed by atoms with Crippen LogP contribution in [0.4, 0.5) is 0 Å². The fourth-order valence-electron chi connectivity index (χ4n) is 6.58. The van der Waals surface area contributed by atoms with Crippen molar-refractivity contribution in [1.29, 1.82) is 0 Å². The largest absolute Gasteiger partial charge is 0.453 e. The van der Waals surface area contributed by atoms with E-state index in [1.807, 2.05) is 62.4 Å². The first-order chi connectivity index (χ1) is 22.6. The van der Waals surface area contributed by atoms with Gasteiger partial charge in [0.25, 0.3) is 0 Å². The number of aromatic nitrogens is 4. The van der Waals surface area contributed by atoms with Crippen LogP contribution in [0.1, 0.15) is 30.7 Å². The van der Waals surface area contributed by atoms with Gasteiger partial charge in [-0.3, -0.25) is 4.40 Å². The lowest BCUT2D eigenvalue weighted by Crippen LogP contribution is -2.00. The van der Waals surface area contributed by atoms with Gasteiger partial charge in [-0.2, -0.15) is 9.97 Å². The van der Waals surface area contributed by atoms with Gasteiger partial charge in [0, 0.05) is 38.1 Å². The van der Waals surface area contributed by atoms with Gasteiger partial charge in [0.15, 0.2) is 17.1 Å². The van der Waals surface area contributed by atoms with Crippen molar-refractivity contribution >= 4 is 84.7 Å². The van der Waals surface area contributed by atoms with Crippen LogP contribution in [-0.4, -0.2) is 19.4 Å². The predicted octanol–water partition coefficient (Wildman–Crippen LogP) is 10.1. The highest BCUT2D eigenvalue weighted by Gasteiger charge is 2.21. The van der Waals surface area contributed by atoms with E-state index in [0.29, 0.717) is 17.2 Å². The van der Waals surface area contributed by atoms with Crippen LogP contribution in [0.25, 0.3) is 96.1 Å². The summed E-state index contributed by atoms with van der Waals surface area (Å²) in [6.07, 6.45) is 10.00. The van der Waals surface area contributed by atoms with Crippen LogP contribution in [0.15, 0.2) is 115 Å². The number of benzene rings is 4. The van der Waals surface area contributed by atoms with Gasteiger partial charge >= 0.3 is 0 Å². The van der Waals surface area contributed by atoms with Crippen LogP contribution >= 0.6 is 0 Å². The number of hydrogen-bond donors (Lipinski definition) is 0. The summed E-state index contributed by atoms with van der Waals surface area (Å²) in [5, 5.41) is 7.06. The fourth-order valence-corrected chi connectivity index (χ4v) is 6.58. The third kappa shape index (κ3) is 4.13. The molecule has 5 nitrogen and oxygen atoms in total. The van der Waals surface area contributed by atoms with Crippen molar-refractivity contribution in [3.63, 3.8) is 0 Å². The second-order valence-electron chi connectivity index (χ2n) is 11.2. The Morgan fingerprint density at radius 2 is 1.39 bits per heavy atom. The molecule has 0 aliphatic rings. The van der Waals surface area contributed by atoms with Crippen molar-refractivity contribution in [2.24, 2.45) is 0 Å². The van der Waals surface area contributed by atoms with E-state index < -0.39 is 0 Å². The number of fused-ring (bicyclic) bond motifs is 10.